The first-order valence-electron chi connectivity index (χ1n) is 3.00. The van der Waals surface area contributed by atoms with Gasteiger partial charge in [-0.1, -0.05) is 6.08 Å². The Kier molecular flexibility index (Phi) is 1.91. The quantitative estimate of drug-likeness (QED) is 0.548. The Labute approximate surface area is 59.4 Å². The zero-order chi connectivity index (χ0) is 7.40. The van der Waals surface area contributed by atoms with Crippen LogP contribution in [0.1, 0.15) is 6.42 Å². The van der Waals surface area contributed by atoms with Crippen LogP contribution in [0.2, 0.25) is 0 Å². The highest BCUT2D eigenvalue weighted by Crippen LogP contribution is 2.06. The van der Waals surface area contributed by atoms with Crippen LogP contribution in [0.15, 0.2) is 35.6 Å². The molecule has 1 aliphatic rings. The third-order valence-corrected chi connectivity index (χ3v) is 1.23. The molecule has 0 unspecified atom stereocenters. The van der Waals surface area contributed by atoms with Gasteiger partial charge in [-0.15, -0.1) is 0 Å². The molecule has 1 N–H and O–H groups in total. The third-order valence-electron chi connectivity index (χ3n) is 1.23. The van der Waals surface area contributed by atoms with E-state index >= 15 is 0 Å². The smallest absolute Gasteiger partial charge is 0.111 e. The second-order valence-electron chi connectivity index (χ2n) is 1.97. The third kappa shape index (κ3) is 1.49. The van der Waals surface area contributed by atoms with Crippen LogP contribution >= 0.6 is 0 Å². The SMILES string of the molecule is N#CC1=CCC=C(O)C=C1. The number of rotatable bonds is 0. The molecule has 0 aromatic heterocycles. The normalized spacial score (nSPS) is 16.7. The van der Waals surface area contributed by atoms with Gasteiger partial charge in [0.1, 0.15) is 5.76 Å². The van der Waals surface area contributed by atoms with Crippen LogP contribution in [-0.4, -0.2) is 5.11 Å². The van der Waals surface area contributed by atoms with Crippen molar-refractivity contribution >= 4 is 0 Å². The zero-order valence-electron chi connectivity index (χ0n) is 5.41. The van der Waals surface area contributed by atoms with Crippen LogP contribution < -0.4 is 0 Å². The number of hydrogen-bond acceptors (Lipinski definition) is 2. The van der Waals surface area contributed by atoms with E-state index in [2.05, 4.69) is 0 Å². The van der Waals surface area contributed by atoms with E-state index in [-0.39, 0.29) is 5.76 Å². The highest BCUT2D eigenvalue weighted by atomic mass is 16.3. The molecule has 0 saturated carbocycles. The van der Waals surface area contributed by atoms with Crippen LogP contribution in [0.25, 0.3) is 0 Å². The number of aliphatic hydroxyl groups excluding tert-OH is 1. The summed E-state index contributed by atoms with van der Waals surface area (Å²) in [6, 6.07) is 1.99. The number of aliphatic hydroxyl groups is 1. The Balaban J connectivity index is 2.82. The first kappa shape index (κ1) is 6.63. The average molecular weight is 133 g/mol. The summed E-state index contributed by atoms with van der Waals surface area (Å²) >= 11 is 0. The van der Waals surface area contributed by atoms with Crippen LogP contribution in [0.4, 0.5) is 0 Å². The molecule has 0 radical (unpaired) electrons. The summed E-state index contributed by atoms with van der Waals surface area (Å²) in [5.41, 5.74) is 0.598. The molecular weight excluding hydrogens is 126 g/mol. The van der Waals surface area contributed by atoms with Crippen LogP contribution in [0, 0.1) is 11.3 Å². The van der Waals surface area contributed by atoms with Crippen LogP contribution in [0.3, 0.4) is 0 Å². The van der Waals surface area contributed by atoms with Gasteiger partial charge in [0, 0.05) is 5.57 Å². The van der Waals surface area contributed by atoms with Crippen molar-refractivity contribution in [1.82, 2.24) is 0 Å². The van der Waals surface area contributed by atoms with E-state index in [1.165, 1.54) is 6.08 Å². The summed E-state index contributed by atoms with van der Waals surface area (Å²) in [7, 11) is 0. The van der Waals surface area contributed by atoms with Crippen molar-refractivity contribution in [1.29, 1.82) is 5.26 Å². The summed E-state index contributed by atoms with van der Waals surface area (Å²) in [4.78, 5) is 0. The molecule has 0 atom stereocenters. The average Bonchev–Trinajstić information content (AvgIpc) is 2.14. The molecule has 0 aromatic carbocycles. The minimum absolute atomic E-state index is 0.224. The highest BCUT2D eigenvalue weighted by molar-refractivity contribution is 5.37. The first-order chi connectivity index (χ1) is 4.83. The van der Waals surface area contributed by atoms with E-state index in [0.717, 1.165) is 0 Å². The summed E-state index contributed by atoms with van der Waals surface area (Å²) in [5.74, 6) is 0.224. The van der Waals surface area contributed by atoms with E-state index in [9.17, 15) is 0 Å². The maximum Gasteiger partial charge on any atom is 0.111 e. The Morgan fingerprint density at radius 3 is 2.90 bits per heavy atom. The van der Waals surface area contributed by atoms with Crippen LogP contribution in [0.5, 0.6) is 0 Å². The van der Waals surface area contributed by atoms with Crippen LogP contribution in [-0.2, 0) is 0 Å². The fourth-order valence-electron chi connectivity index (χ4n) is 0.701. The Bertz CT molecular complexity index is 253. The second-order valence-corrected chi connectivity index (χ2v) is 1.97. The highest BCUT2D eigenvalue weighted by Gasteiger charge is 1.93. The van der Waals surface area contributed by atoms with E-state index in [0.29, 0.717) is 12.0 Å². The molecule has 0 bridgehead atoms. The standard InChI is InChI=1S/C8H7NO/c9-6-7-2-1-3-8(10)5-4-7/h2-5,10H,1H2. The molecule has 0 saturated heterocycles. The molecule has 0 heterocycles. The molecule has 0 spiro atoms. The molecule has 0 fully saturated rings. The molecule has 0 aliphatic heterocycles. The monoisotopic (exact) mass is 133 g/mol. The predicted molar refractivity (Wildman–Crippen MR) is 38.2 cm³/mol. The van der Waals surface area contributed by atoms with Gasteiger partial charge < -0.3 is 5.11 Å². The van der Waals surface area contributed by atoms with Crippen molar-refractivity contribution in [3.05, 3.63) is 35.6 Å². The molecule has 1 aliphatic carbocycles. The van der Waals surface area contributed by atoms with Gasteiger partial charge in [-0.05, 0) is 24.6 Å². The minimum Gasteiger partial charge on any atom is -0.508 e. The van der Waals surface area contributed by atoms with Gasteiger partial charge >= 0.3 is 0 Å². The number of nitriles is 1. The van der Waals surface area contributed by atoms with E-state index < -0.39 is 0 Å². The fourth-order valence-corrected chi connectivity index (χ4v) is 0.701. The lowest BCUT2D eigenvalue weighted by molar-refractivity contribution is 0.431. The lowest BCUT2D eigenvalue weighted by Gasteiger charge is -1.82. The second kappa shape index (κ2) is 2.88. The zero-order valence-corrected chi connectivity index (χ0v) is 5.41. The Morgan fingerprint density at radius 2 is 2.20 bits per heavy atom. The number of nitrogens with zero attached hydrogens (tertiary/aromatic N) is 1. The van der Waals surface area contributed by atoms with E-state index in [4.69, 9.17) is 10.4 Å². The molecule has 2 heteroatoms. The van der Waals surface area contributed by atoms with Crippen molar-refractivity contribution in [2.24, 2.45) is 0 Å². The summed E-state index contributed by atoms with van der Waals surface area (Å²) < 4.78 is 0. The molecule has 50 valence electrons. The first-order valence-corrected chi connectivity index (χ1v) is 3.00. The maximum absolute atomic E-state index is 8.93. The molecule has 10 heavy (non-hydrogen) atoms. The molecule has 0 amide bonds. The van der Waals surface area contributed by atoms with Crippen molar-refractivity contribution in [3.63, 3.8) is 0 Å². The number of allylic oxidation sites excluding steroid dienone is 5. The lowest BCUT2D eigenvalue weighted by atomic mass is 10.2. The maximum atomic E-state index is 8.93. The van der Waals surface area contributed by atoms with Gasteiger partial charge in [-0.25, -0.2) is 0 Å². The molecule has 0 aromatic rings. The summed E-state index contributed by atoms with van der Waals surface area (Å²) in [5, 5.41) is 17.4. The molecule has 1 rings (SSSR count). The van der Waals surface area contributed by atoms with E-state index in [1.54, 1.807) is 18.2 Å². The van der Waals surface area contributed by atoms with Gasteiger partial charge in [0.2, 0.25) is 0 Å². The number of hydrogen-bond donors (Lipinski definition) is 1. The summed E-state index contributed by atoms with van der Waals surface area (Å²) in [6.07, 6.45) is 7.16. The van der Waals surface area contributed by atoms with Crippen molar-refractivity contribution in [2.45, 2.75) is 6.42 Å². The topological polar surface area (TPSA) is 44.0 Å². The Hall–Kier alpha value is -1.49. The van der Waals surface area contributed by atoms with Gasteiger partial charge in [-0.2, -0.15) is 5.26 Å². The molecular formula is C8H7NO. The Morgan fingerprint density at radius 1 is 1.40 bits per heavy atom. The minimum atomic E-state index is 0.224. The summed E-state index contributed by atoms with van der Waals surface area (Å²) in [6.45, 7) is 0. The molecule has 2 nitrogen and oxygen atoms in total. The van der Waals surface area contributed by atoms with Crippen molar-refractivity contribution in [2.75, 3.05) is 0 Å². The van der Waals surface area contributed by atoms with Crippen molar-refractivity contribution < 1.29 is 5.11 Å². The van der Waals surface area contributed by atoms with Gasteiger partial charge in [0.15, 0.2) is 0 Å². The largest absolute Gasteiger partial charge is 0.508 e. The van der Waals surface area contributed by atoms with E-state index in [1.807, 2.05) is 6.07 Å². The predicted octanol–water partition coefficient (Wildman–Crippen LogP) is 1.84. The van der Waals surface area contributed by atoms with Crippen molar-refractivity contribution in [3.8, 4) is 6.07 Å². The van der Waals surface area contributed by atoms with Gasteiger partial charge in [-0.3, -0.25) is 0 Å². The van der Waals surface area contributed by atoms with Gasteiger partial charge in [0.05, 0.1) is 6.07 Å². The fraction of sp³-hybridized carbons (Fsp3) is 0.125. The van der Waals surface area contributed by atoms with Gasteiger partial charge in [0.25, 0.3) is 0 Å². The lowest BCUT2D eigenvalue weighted by Crippen LogP contribution is -1.69.